The molecule has 0 atom stereocenters. The summed E-state index contributed by atoms with van der Waals surface area (Å²) < 4.78 is 0. The molecule has 0 radical (unpaired) electrons. The van der Waals surface area contributed by atoms with Gasteiger partial charge in [0.25, 0.3) is 0 Å². The van der Waals surface area contributed by atoms with Crippen LogP contribution in [0.5, 0.6) is 0 Å². The standard InChI is InChI=1S/C12H22N4/c1-5-10(6-2)16-12-9(4)11(13-7-3)14-8-15-12/h8,10H,5-7H2,1-4H3,(H2,13,14,15,16). The lowest BCUT2D eigenvalue weighted by molar-refractivity contribution is 0.667. The average molecular weight is 222 g/mol. The van der Waals surface area contributed by atoms with Gasteiger partial charge >= 0.3 is 0 Å². The Labute approximate surface area is 97.9 Å². The lowest BCUT2D eigenvalue weighted by atomic mass is 10.1. The number of anilines is 2. The topological polar surface area (TPSA) is 49.8 Å². The van der Waals surface area contributed by atoms with Gasteiger partial charge < -0.3 is 10.6 Å². The highest BCUT2D eigenvalue weighted by Crippen LogP contribution is 2.19. The first-order chi connectivity index (χ1) is 7.72. The molecule has 0 aliphatic rings. The van der Waals surface area contributed by atoms with Gasteiger partial charge in [-0.05, 0) is 26.7 Å². The van der Waals surface area contributed by atoms with E-state index < -0.39 is 0 Å². The fourth-order valence-corrected chi connectivity index (χ4v) is 1.63. The van der Waals surface area contributed by atoms with Crippen molar-refractivity contribution in [3.05, 3.63) is 11.9 Å². The summed E-state index contributed by atoms with van der Waals surface area (Å²) in [4.78, 5) is 8.52. The van der Waals surface area contributed by atoms with Crippen molar-refractivity contribution < 1.29 is 0 Å². The van der Waals surface area contributed by atoms with E-state index in [0.29, 0.717) is 6.04 Å². The molecule has 0 bridgehead atoms. The van der Waals surface area contributed by atoms with E-state index in [1.54, 1.807) is 6.33 Å². The van der Waals surface area contributed by atoms with Gasteiger partial charge in [-0.2, -0.15) is 0 Å². The Bertz CT molecular complexity index is 321. The molecule has 0 saturated carbocycles. The van der Waals surface area contributed by atoms with Gasteiger partial charge in [0.2, 0.25) is 0 Å². The van der Waals surface area contributed by atoms with Crippen LogP contribution in [-0.4, -0.2) is 22.6 Å². The van der Waals surface area contributed by atoms with E-state index in [2.05, 4.69) is 41.4 Å². The molecule has 1 heterocycles. The molecule has 0 fully saturated rings. The van der Waals surface area contributed by atoms with Crippen LogP contribution in [0.25, 0.3) is 0 Å². The molecule has 1 aromatic heterocycles. The fourth-order valence-electron chi connectivity index (χ4n) is 1.63. The lowest BCUT2D eigenvalue weighted by Crippen LogP contribution is -2.19. The molecule has 1 aromatic rings. The second kappa shape index (κ2) is 6.30. The second-order valence-electron chi connectivity index (χ2n) is 3.88. The largest absolute Gasteiger partial charge is 0.370 e. The van der Waals surface area contributed by atoms with Crippen LogP contribution in [0.2, 0.25) is 0 Å². The van der Waals surface area contributed by atoms with Gasteiger partial charge in [0.05, 0.1) is 0 Å². The van der Waals surface area contributed by atoms with Gasteiger partial charge in [-0.15, -0.1) is 0 Å². The zero-order valence-electron chi connectivity index (χ0n) is 10.7. The molecule has 90 valence electrons. The Morgan fingerprint density at radius 3 is 2.31 bits per heavy atom. The third kappa shape index (κ3) is 3.08. The normalized spacial score (nSPS) is 10.6. The minimum atomic E-state index is 0.489. The monoisotopic (exact) mass is 222 g/mol. The van der Waals surface area contributed by atoms with E-state index in [0.717, 1.165) is 36.6 Å². The molecule has 0 unspecified atom stereocenters. The molecule has 0 aromatic carbocycles. The maximum Gasteiger partial charge on any atom is 0.134 e. The molecular formula is C12H22N4. The maximum absolute atomic E-state index is 4.29. The van der Waals surface area contributed by atoms with Gasteiger partial charge in [-0.1, -0.05) is 13.8 Å². The van der Waals surface area contributed by atoms with Crippen molar-refractivity contribution in [2.75, 3.05) is 17.2 Å². The summed E-state index contributed by atoms with van der Waals surface area (Å²) in [6, 6.07) is 0.489. The first-order valence-electron chi connectivity index (χ1n) is 6.04. The average Bonchev–Trinajstić information content (AvgIpc) is 2.30. The van der Waals surface area contributed by atoms with Gasteiger partial charge in [0.15, 0.2) is 0 Å². The highest BCUT2D eigenvalue weighted by Gasteiger charge is 2.09. The number of rotatable bonds is 6. The summed E-state index contributed by atoms with van der Waals surface area (Å²) >= 11 is 0. The molecular weight excluding hydrogens is 200 g/mol. The summed E-state index contributed by atoms with van der Waals surface area (Å²) in [6.45, 7) is 9.35. The van der Waals surface area contributed by atoms with Gasteiger partial charge in [0, 0.05) is 18.2 Å². The van der Waals surface area contributed by atoms with E-state index in [-0.39, 0.29) is 0 Å². The van der Waals surface area contributed by atoms with Gasteiger partial charge in [0.1, 0.15) is 18.0 Å². The van der Waals surface area contributed by atoms with Crippen LogP contribution in [-0.2, 0) is 0 Å². The van der Waals surface area contributed by atoms with Crippen molar-refractivity contribution in [3.8, 4) is 0 Å². The number of nitrogens with zero attached hydrogens (tertiary/aromatic N) is 2. The summed E-state index contributed by atoms with van der Waals surface area (Å²) in [6.07, 6.45) is 3.82. The smallest absolute Gasteiger partial charge is 0.134 e. The van der Waals surface area contributed by atoms with Crippen molar-refractivity contribution in [1.82, 2.24) is 9.97 Å². The summed E-state index contributed by atoms with van der Waals surface area (Å²) in [7, 11) is 0. The SMILES string of the molecule is CCNc1ncnc(NC(CC)CC)c1C. The summed E-state index contributed by atoms with van der Waals surface area (Å²) in [5, 5.41) is 6.69. The zero-order chi connectivity index (χ0) is 12.0. The molecule has 0 aliphatic heterocycles. The number of nitrogens with one attached hydrogen (secondary N) is 2. The first-order valence-corrected chi connectivity index (χ1v) is 6.04. The Morgan fingerprint density at radius 2 is 1.75 bits per heavy atom. The van der Waals surface area contributed by atoms with Crippen LogP contribution < -0.4 is 10.6 Å². The van der Waals surface area contributed by atoms with Gasteiger partial charge in [-0.25, -0.2) is 9.97 Å². The molecule has 0 spiro atoms. The molecule has 4 nitrogen and oxygen atoms in total. The fraction of sp³-hybridized carbons (Fsp3) is 0.667. The van der Waals surface area contributed by atoms with Crippen LogP contribution >= 0.6 is 0 Å². The highest BCUT2D eigenvalue weighted by molar-refractivity contribution is 5.56. The Morgan fingerprint density at radius 1 is 1.12 bits per heavy atom. The quantitative estimate of drug-likeness (QED) is 0.777. The van der Waals surface area contributed by atoms with Crippen molar-refractivity contribution in [1.29, 1.82) is 0 Å². The van der Waals surface area contributed by atoms with E-state index in [1.807, 2.05) is 6.92 Å². The predicted molar refractivity (Wildman–Crippen MR) is 68.9 cm³/mol. The predicted octanol–water partition coefficient (Wildman–Crippen LogP) is 2.82. The summed E-state index contributed by atoms with van der Waals surface area (Å²) in [5.74, 6) is 1.87. The summed E-state index contributed by atoms with van der Waals surface area (Å²) in [5.41, 5.74) is 1.09. The van der Waals surface area contributed by atoms with Crippen LogP contribution in [0.15, 0.2) is 6.33 Å². The number of hydrogen-bond acceptors (Lipinski definition) is 4. The van der Waals surface area contributed by atoms with Crippen molar-refractivity contribution in [2.24, 2.45) is 0 Å². The van der Waals surface area contributed by atoms with Crippen molar-refractivity contribution in [3.63, 3.8) is 0 Å². The third-order valence-electron chi connectivity index (χ3n) is 2.75. The second-order valence-corrected chi connectivity index (χ2v) is 3.88. The first kappa shape index (κ1) is 12.7. The molecule has 4 heteroatoms. The zero-order valence-corrected chi connectivity index (χ0v) is 10.7. The third-order valence-corrected chi connectivity index (χ3v) is 2.75. The Balaban J connectivity index is 2.83. The number of aromatic nitrogens is 2. The van der Waals surface area contributed by atoms with Crippen LogP contribution in [0, 0.1) is 6.92 Å². The van der Waals surface area contributed by atoms with Crippen molar-refractivity contribution >= 4 is 11.6 Å². The minimum absolute atomic E-state index is 0.489. The number of hydrogen-bond donors (Lipinski definition) is 2. The molecule has 0 aliphatic carbocycles. The molecule has 0 amide bonds. The van der Waals surface area contributed by atoms with Crippen LogP contribution in [0.4, 0.5) is 11.6 Å². The van der Waals surface area contributed by atoms with Crippen LogP contribution in [0.3, 0.4) is 0 Å². The van der Waals surface area contributed by atoms with E-state index >= 15 is 0 Å². The molecule has 1 rings (SSSR count). The van der Waals surface area contributed by atoms with E-state index in [9.17, 15) is 0 Å². The Hall–Kier alpha value is -1.32. The van der Waals surface area contributed by atoms with Gasteiger partial charge in [-0.3, -0.25) is 0 Å². The van der Waals surface area contributed by atoms with E-state index in [1.165, 1.54) is 0 Å². The maximum atomic E-state index is 4.29. The minimum Gasteiger partial charge on any atom is -0.370 e. The van der Waals surface area contributed by atoms with Crippen molar-refractivity contribution in [2.45, 2.75) is 46.6 Å². The molecule has 0 saturated heterocycles. The van der Waals surface area contributed by atoms with E-state index in [4.69, 9.17) is 0 Å². The van der Waals surface area contributed by atoms with Crippen LogP contribution in [0.1, 0.15) is 39.2 Å². The lowest BCUT2D eigenvalue weighted by Gasteiger charge is -2.18. The molecule has 16 heavy (non-hydrogen) atoms. The Kier molecular flexibility index (Phi) is 5.02. The highest BCUT2D eigenvalue weighted by atomic mass is 15.1. The molecule has 2 N–H and O–H groups in total.